The van der Waals surface area contributed by atoms with Gasteiger partial charge in [-0.3, -0.25) is 4.79 Å². The van der Waals surface area contributed by atoms with Gasteiger partial charge in [-0.15, -0.1) is 0 Å². The first-order chi connectivity index (χ1) is 12.7. The average Bonchev–Trinajstić information content (AvgIpc) is 2.67. The zero-order valence-electron chi connectivity index (χ0n) is 14.5. The largest absolute Gasteiger partial charge is 0.494 e. The van der Waals surface area contributed by atoms with Crippen molar-refractivity contribution in [2.45, 2.75) is 19.8 Å². The molecule has 0 aliphatic heterocycles. The molecule has 0 radical (unpaired) electrons. The fraction of sp³-hybridized carbons (Fsp3) is 0.190. The molecule has 0 aliphatic rings. The van der Waals surface area contributed by atoms with Crippen LogP contribution in [0.3, 0.4) is 0 Å². The normalized spacial score (nSPS) is 11.3. The molecule has 5 heteroatoms. The molecular formula is C21H19N3O2. The maximum Gasteiger partial charge on any atom is 0.259 e. The molecule has 1 aromatic heterocycles. The summed E-state index contributed by atoms with van der Waals surface area (Å²) >= 11 is 0. The van der Waals surface area contributed by atoms with Gasteiger partial charge in [0.05, 0.1) is 23.1 Å². The number of nitrogens with zero attached hydrogens (tertiary/aromatic N) is 2. The smallest absolute Gasteiger partial charge is 0.259 e. The Bertz CT molecular complexity index is 1030. The number of nitriles is 1. The van der Waals surface area contributed by atoms with Crippen LogP contribution < -0.4 is 10.3 Å². The summed E-state index contributed by atoms with van der Waals surface area (Å²) in [5.41, 5.74) is 1.44. The Morgan fingerprint density at radius 1 is 1.23 bits per heavy atom. The number of unbranched alkanes of at least 4 members (excludes halogenated alkanes) is 1. The molecule has 3 rings (SSSR count). The molecule has 0 aliphatic carbocycles. The van der Waals surface area contributed by atoms with E-state index >= 15 is 0 Å². The lowest BCUT2D eigenvalue weighted by Gasteiger charge is -2.05. The van der Waals surface area contributed by atoms with E-state index in [0.717, 1.165) is 24.2 Å². The molecule has 26 heavy (non-hydrogen) atoms. The lowest BCUT2D eigenvalue weighted by molar-refractivity contribution is 0.309. The van der Waals surface area contributed by atoms with Gasteiger partial charge < -0.3 is 9.72 Å². The number of hydrogen-bond acceptors (Lipinski definition) is 4. The van der Waals surface area contributed by atoms with Gasteiger partial charge in [0.2, 0.25) is 0 Å². The predicted octanol–water partition coefficient (Wildman–Crippen LogP) is 4.17. The highest BCUT2D eigenvalue weighted by Crippen LogP contribution is 2.18. The Morgan fingerprint density at radius 2 is 2.00 bits per heavy atom. The van der Waals surface area contributed by atoms with Crippen molar-refractivity contribution >= 4 is 22.6 Å². The van der Waals surface area contributed by atoms with Crippen LogP contribution in [0.4, 0.5) is 0 Å². The van der Waals surface area contributed by atoms with E-state index in [1.54, 1.807) is 24.3 Å². The molecule has 2 aromatic carbocycles. The zero-order valence-corrected chi connectivity index (χ0v) is 14.5. The van der Waals surface area contributed by atoms with E-state index in [9.17, 15) is 10.1 Å². The third-order valence-electron chi connectivity index (χ3n) is 3.95. The Morgan fingerprint density at radius 3 is 2.73 bits per heavy atom. The number of aromatic amines is 1. The van der Waals surface area contributed by atoms with Gasteiger partial charge in [0.25, 0.3) is 5.56 Å². The second-order valence-electron chi connectivity index (χ2n) is 5.87. The summed E-state index contributed by atoms with van der Waals surface area (Å²) in [5, 5.41) is 10.00. The van der Waals surface area contributed by atoms with Gasteiger partial charge in [-0.25, -0.2) is 4.98 Å². The van der Waals surface area contributed by atoms with Gasteiger partial charge in [-0.05, 0) is 42.3 Å². The highest BCUT2D eigenvalue weighted by Gasteiger charge is 2.08. The van der Waals surface area contributed by atoms with Gasteiger partial charge in [0, 0.05) is 0 Å². The number of para-hydroxylation sites is 1. The maximum absolute atomic E-state index is 12.2. The summed E-state index contributed by atoms with van der Waals surface area (Å²) in [7, 11) is 0. The highest BCUT2D eigenvalue weighted by atomic mass is 16.5. The first-order valence-corrected chi connectivity index (χ1v) is 8.55. The van der Waals surface area contributed by atoms with Crippen LogP contribution in [-0.4, -0.2) is 16.6 Å². The number of hydrogen-bond donors (Lipinski definition) is 1. The van der Waals surface area contributed by atoms with Gasteiger partial charge in [0.1, 0.15) is 11.8 Å². The Balaban J connectivity index is 1.89. The number of fused-ring (bicyclic) bond motifs is 1. The summed E-state index contributed by atoms with van der Waals surface area (Å²) < 4.78 is 5.64. The number of rotatable bonds is 6. The van der Waals surface area contributed by atoms with Crippen LogP contribution >= 0.6 is 0 Å². The Hall–Kier alpha value is -3.39. The number of benzene rings is 2. The van der Waals surface area contributed by atoms with Crippen molar-refractivity contribution in [3.05, 3.63) is 70.3 Å². The van der Waals surface area contributed by atoms with Crippen LogP contribution in [0.15, 0.2) is 53.3 Å². The summed E-state index contributed by atoms with van der Waals surface area (Å²) in [4.78, 5) is 19.3. The van der Waals surface area contributed by atoms with Crippen molar-refractivity contribution in [3.8, 4) is 11.8 Å². The van der Waals surface area contributed by atoms with Crippen LogP contribution in [0, 0.1) is 11.3 Å². The molecule has 3 aromatic rings. The number of ether oxygens (including phenoxy) is 1. The predicted molar refractivity (Wildman–Crippen MR) is 103 cm³/mol. The van der Waals surface area contributed by atoms with E-state index < -0.39 is 0 Å². The molecule has 5 nitrogen and oxygen atoms in total. The lowest BCUT2D eigenvalue weighted by atomic mass is 10.1. The van der Waals surface area contributed by atoms with Crippen molar-refractivity contribution in [1.82, 2.24) is 9.97 Å². The van der Waals surface area contributed by atoms with Crippen LogP contribution in [0.1, 0.15) is 31.2 Å². The molecular weight excluding hydrogens is 326 g/mol. The van der Waals surface area contributed by atoms with Gasteiger partial charge in [-0.1, -0.05) is 37.6 Å². The van der Waals surface area contributed by atoms with Crippen molar-refractivity contribution in [2.75, 3.05) is 6.61 Å². The second-order valence-corrected chi connectivity index (χ2v) is 5.87. The molecule has 0 fully saturated rings. The number of allylic oxidation sites excluding steroid dienone is 1. The summed E-state index contributed by atoms with van der Waals surface area (Å²) in [6, 6.07) is 16.6. The lowest BCUT2D eigenvalue weighted by Crippen LogP contribution is -2.11. The molecule has 0 amide bonds. The molecule has 0 bridgehead atoms. The molecule has 0 unspecified atom stereocenters. The Labute approximate surface area is 151 Å². The maximum atomic E-state index is 12.2. The minimum absolute atomic E-state index is 0.258. The molecule has 0 atom stereocenters. The number of nitrogens with one attached hydrogen (secondary N) is 1. The Kier molecular flexibility index (Phi) is 5.45. The van der Waals surface area contributed by atoms with Crippen LogP contribution in [0.5, 0.6) is 5.75 Å². The van der Waals surface area contributed by atoms with E-state index in [-0.39, 0.29) is 11.4 Å². The second kappa shape index (κ2) is 8.13. The SMILES string of the molecule is CCCCOc1ccc(/C=C(/C#N)c2nc3ccccc3c(=O)[nH]2)cc1. The van der Waals surface area contributed by atoms with Crippen LogP contribution in [-0.2, 0) is 0 Å². The summed E-state index contributed by atoms with van der Waals surface area (Å²) in [6.45, 7) is 2.81. The minimum Gasteiger partial charge on any atom is -0.494 e. The first kappa shape index (κ1) is 17.4. The van der Waals surface area contributed by atoms with E-state index in [1.807, 2.05) is 30.3 Å². The summed E-state index contributed by atoms with van der Waals surface area (Å²) in [6.07, 6.45) is 3.80. The van der Waals surface area contributed by atoms with E-state index in [2.05, 4.69) is 23.0 Å². The van der Waals surface area contributed by atoms with E-state index in [4.69, 9.17) is 4.74 Å². The average molecular weight is 345 g/mol. The van der Waals surface area contributed by atoms with Gasteiger partial charge >= 0.3 is 0 Å². The van der Waals surface area contributed by atoms with Crippen molar-refractivity contribution in [1.29, 1.82) is 5.26 Å². The minimum atomic E-state index is -0.258. The molecule has 0 saturated heterocycles. The van der Waals surface area contributed by atoms with Crippen LogP contribution in [0.25, 0.3) is 22.6 Å². The zero-order chi connectivity index (χ0) is 18.4. The fourth-order valence-electron chi connectivity index (χ4n) is 2.53. The molecule has 0 spiro atoms. The highest BCUT2D eigenvalue weighted by molar-refractivity contribution is 5.89. The molecule has 1 heterocycles. The van der Waals surface area contributed by atoms with Crippen LogP contribution in [0.2, 0.25) is 0 Å². The third-order valence-corrected chi connectivity index (χ3v) is 3.95. The monoisotopic (exact) mass is 345 g/mol. The molecule has 130 valence electrons. The number of aromatic nitrogens is 2. The standard InChI is InChI=1S/C21H19N3O2/c1-2-3-12-26-17-10-8-15(9-11-17)13-16(14-22)20-23-19-7-5-4-6-18(19)21(25)24-20/h4-11,13H,2-3,12H2,1H3,(H,23,24,25)/b16-13-. The fourth-order valence-corrected chi connectivity index (χ4v) is 2.53. The quantitative estimate of drug-likeness (QED) is 0.537. The van der Waals surface area contributed by atoms with Crippen molar-refractivity contribution in [3.63, 3.8) is 0 Å². The molecule has 1 N–H and O–H groups in total. The van der Waals surface area contributed by atoms with E-state index in [0.29, 0.717) is 23.1 Å². The van der Waals surface area contributed by atoms with Gasteiger partial charge in [0.15, 0.2) is 5.82 Å². The van der Waals surface area contributed by atoms with Crippen molar-refractivity contribution < 1.29 is 4.74 Å². The van der Waals surface area contributed by atoms with E-state index in [1.165, 1.54) is 0 Å². The number of H-pyrrole nitrogens is 1. The first-order valence-electron chi connectivity index (χ1n) is 8.55. The topological polar surface area (TPSA) is 78.8 Å². The molecule has 0 saturated carbocycles. The third kappa shape index (κ3) is 3.98. The van der Waals surface area contributed by atoms with Gasteiger partial charge in [-0.2, -0.15) is 5.26 Å². The summed E-state index contributed by atoms with van der Waals surface area (Å²) in [5.74, 6) is 1.06. The van der Waals surface area contributed by atoms with Crippen molar-refractivity contribution in [2.24, 2.45) is 0 Å².